The smallest absolute Gasteiger partial charge is 0.475 e. The molecule has 5 rings (SSSR count). The number of para-hydroxylation sites is 1. The number of hydrogen-bond donors (Lipinski definition) is 3. The number of amides is 1. The Balaban J connectivity index is 0.000000493. The van der Waals surface area contributed by atoms with Crippen LogP contribution in [0.2, 0.25) is 0 Å². The highest BCUT2D eigenvalue weighted by molar-refractivity contribution is 5.90. The molecule has 0 bridgehead atoms. The molecule has 1 saturated carbocycles. The van der Waals surface area contributed by atoms with Crippen LogP contribution in [0.5, 0.6) is 0 Å². The van der Waals surface area contributed by atoms with Gasteiger partial charge in [-0.15, -0.1) is 0 Å². The van der Waals surface area contributed by atoms with Crippen molar-refractivity contribution in [3.05, 3.63) is 59.7 Å². The highest BCUT2D eigenvalue weighted by Gasteiger charge is 2.38. The lowest BCUT2D eigenvalue weighted by Crippen LogP contribution is -2.38. The highest BCUT2D eigenvalue weighted by atomic mass is 19.4. The first-order chi connectivity index (χ1) is 19.5. The predicted molar refractivity (Wildman–Crippen MR) is 152 cm³/mol. The average Bonchev–Trinajstić information content (AvgIpc) is 2.95. The Hall–Kier alpha value is -3.89. The van der Waals surface area contributed by atoms with Crippen LogP contribution in [-0.2, 0) is 22.4 Å². The van der Waals surface area contributed by atoms with Gasteiger partial charge in [-0.1, -0.05) is 36.4 Å². The molecule has 0 spiro atoms. The van der Waals surface area contributed by atoms with E-state index in [9.17, 15) is 18.0 Å². The number of halogens is 3. The largest absolute Gasteiger partial charge is 0.490 e. The summed E-state index contributed by atoms with van der Waals surface area (Å²) in [6.45, 7) is 0.793. The minimum Gasteiger partial charge on any atom is -0.475 e. The molecule has 1 amide bonds. The molecule has 1 aromatic heterocycles. The SMILES string of the molecule is CN(C)c1nc(NC2CCC(CNC(=O)C3CCc4ccccc4C3)CC2)nc2ccccc12.O=C(O)C(F)(F)F. The van der Waals surface area contributed by atoms with E-state index in [0.29, 0.717) is 17.9 Å². The lowest BCUT2D eigenvalue weighted by Gasteiger charge is -2.30. The van der Waals surface area contributed by atoms with Crippen LogP contribution in [-0.4, -0.2) is 59.8 Å². The Kier molecular flexibility index (Phi) is 9.67. The second-order valence-electron chi connectivity index (χ2n) is 10.9. The van der Waals surface area contributed by atoms with Crippen molar-refractivity contribution in [1.29, 1.82) is 0 Å². The molecule has 2 aromatic carbocycles. The molecule has 3 N–H and O–H groups in total. The van der Waals surface area contributed by atoms with Crippen LogP contribution in [0, 0.1) is 11.8 Å². The van der Waals surface area contributed by atoms with Crippen LogP contribution < -0.4 is 15.5 Å². The molecule has 220 valence electrons. The maximum absolute atomic E-state index is 12.8. The molecule has 11 heteroatoms. The van der Waals surface area contributed by atoms with Gasteiger partial charge in [0.2, 0.25) is 11.9 Å². The van der Waals surface area contributed by atoms with Gasteiger partial charge in [-0.2, -0.15) is 18.2 Å². The summed E-state index contributed by atoms with van der Waals surface area (Å²) in [5, 5.41) is 15.0. The Morgan fingerprint density at radius 1 is 0.951 bits per heavy atom. The second kappa shape index (κ2) is 13.2. The molecule has 2 aliphatic rings. The molecular weight excluding hydrogens is 535 g/mol. The Morgan fingerprint density at radius 2 is 1.59 bits per heavy atom. The molecule has 0 radical (unpaired) electrons. The van der Waals surface area contributed by atoms with Crippen molar-refractivity contribution in [2.24, 2.45) is 11.8 Å². The normalized spacial score (nSPS) is 20.3. The quantitative estimate of drug-likeness (QED) is 0.372. The van der Waals surface area contributed by atoms with E-state index < -0.39 is 12.1 Å². The minimum absolute atomic E-state index is 0.115. The standard InChI is InChI=1S/C28H35N5O.C2HF3O2/c1-33(2)26-24-9-5-6-10-25(24)31-28(32-26)30-23-15-11-19(12-16-23)18-29-27(34)22-14-13-20-7-3-4-8-21(20)17-22;3-2(4,5)1(6)7/h3-10,19,22-23H,11-18H2,1-2H3,(H,29,34)(H,30,31,32);(H,6,7). The highest BCUT2D eigenvalue weighted by Crippen LogP contribution is 2.29. The Morgan fingerprint density at radius 3 is 2.24 bits per heavy atom. The molecule has 1 unspecified atom stereocenters. The predicted octanol–water partition coefficient (Wildman–Crippen LogP) is 5.22. The molecule has 1 heterocycles. The van der Waals surface area contributed by atoms with Gasteiger partial charge in [-0.25, -0.2) is 9.78 Å². The number of nitrogens with zero attached hydrogens (tertiary/aromatic N) is 3. The van der Waals surface area contributed by atoms with Gasteiger partial charge in [-0.05, 0) is 74.1 Å². The van der Waals surface area contributed by atoms with Gasteiger partial charge < -0.3 is 20.6 Å². The summed E-state index contributed by atoms with van der Waals surface area (Å²) in [6.07, 6.45) is 2.13. The van der Waals surface area contributed by atoms with E-state index in [1.165, 1.54) is 11.1 Å². The number of carboxylic acids is 1. The zero-order chi connectivity index (χ0) is 29.6. The molecule has 41 heavy (non-hydrogen) atoms. The number of fused-ring (bicyclic) bond motifs is 2. The number of rotatable bonds is 6. The van der Waals surface area contributed by atoms with E-state index in [2.05, 4.69) is 41.0 Å². The van der Waals surface area contributed by atoms with E-state index in [4.69, 9.17) is 19.9 Å². The van der Waals surface area contributed by atoms with Crippen molar-refractivity contribution < 1.29 is 27.9 Å². The summed E-state index contributed by atoms with van der Waals surface area (Å²) in [5.41, 5.74) is 3.71. The number of anilines is 2. The summed E-state index contributed by atoms with van der Waals surface area (Å²) in [5.74, 6) is -0.216. The van der Waals surface area contributed by atoms with Gasteiger partial charge in [0.25, 0.3) is 0 Å². The van der Waals surface area contributed by atoms with E-state index in [0.717, 1.165) is 68.2 Å². The number of aryl methyl sites for hydroxylation is 1. The number of carbonyl (C=O) groups is 2. The topological polar surface area (TPSA) is 107 Å². The second-order valence-corrected chi connectivity index (χ2v) is 10.9. The lowest BCUT2D eigenvalue weighted by molar-refractivity contribution is -0.192. The van der Waals surface area contributed by atoms with E-state index in [1.54, 1.807) is 0 Å². The summed E-state index contributed by atoms with van der Waals surface area (Å²) in [6, 6.07) is 17.1. The van der Waals surface area contributed by atoms with Crippen LogP contribution in [0.15, 0.2) is 48.5 Å². The van der Waals surface area contributed by atoms with Crippen molar-refractivity contribution in [3.8, 4) is 0 Å². The van der Waals surface area contributed by atoms with Crippen LogP contribution in [0.1, 0.15) is 43.2 Å². The summed E-state index contributed by atoms with van der Waals surface area (Å²) >= 11 is 0. The first-order valence-electron chi connectivity index (χ1n) is 13.9. The third kappa shape index (κ3) is 8.08. The molecular formula is C30H36F3N5O3. The molecule has 3 aromatic rings. The van der Waals surface area contributed by atoms with Crippen molar-refractivity contribution in [2.75, 3.05) is 30.9 Å². The fraction of sp³-hybridized carbons (Fsp3) is 0.467. The molecule has 8 nitrogen and oxygen atoms in total. The molecule has 0 aliphatic heterocycles. The zero-order valence-electron chi connectivity index (χ0n) is 23.2. The third-order valence-electron chi connectivity index (χ3n) is 7.71. The van der Waals surface area contributed by atoms with Gasteiger partial charge in [0.15, 0.2) is 0 Å². The van der Waals surface area contributed by atoms with Gasteiger partial charge in [0.1, 0.15) is 5.82 Å². The van der Waals surface area contributed by atoms with Crippen LogP contribution >= 0.6 is 0 Å². The fourth-order valence-electron chi connectivity index (χ4n) is 5.47. The van der Waals surface area contributed by atoms with Gasteiger partial charge in [-0.3, -0.25) is 4.79 Å². The van der Waals surface area contributed by atoms with Gasteiger partial charge in [0.05, 0.1) is 5.52 Å². The van der Waals surface area contributed by atoms with Gasteiger partial charge in [0, 0.05) is 38.0 Å². The number of hydrogen-bond acceptors (Lipinski definition) is 6. The monoisotopic (exact) mass is 571 g/mol. The van der Waals surface area contributed by atoms with Crippen molar-refractivity contribution in [3.63, 3.8) is 0 Å². The third-order valence-corrected chi connectivity index (χ3v) is 7.71. The van der Waals surface area contributed by atoms with Gasteiger partial charge >= 0.3 is 12.1 Å². The van der Waals surface area contributed by atoms with Crippen LogP contribution in [0.3, 0.4) is 0 Å². The van der Waals surface area contributed by atoms with E-state index >= 15 is 0 Å². The zero-order valence-corrected chi connectivity index (χ0v) is 23.2. The molecule has 1 atom stereocenters. The van der Waals surface area contributed by atoms with E-state index in [-0.39, 0.29) is 11.8 Å². The average molecular weight is 572 g/mol. The minimum atomic E-state index is -5.08. The molecule has 0 saturated heterocycles. The molecule has 2 aliphatic carbocycles. The summed E-state index contributed by atoms with van der Waals surface area (Å²) in [7, 11) is 4.04. The molecule has 1 fully saturated rings. The number of aromatic nitrogens is 2. The van der Waals surface area contributed by atoms with Crippen molar-refractivity contribution >= 4 is 34.5 Å². The number of aliphatic carboxylic acids is 1. The van der Waals surface area contributed by atoms with Crippen LogP contribution in [0.25, 0.3) is 10.9 Å². The summed E-state index contributed by atoms with van der Waals surface area (Å²) in [4.78, 5) is 33.3. The first kappa shape index (κ1) is 30.1. The summed E-state index contributed by atoms with van der Waals surface area (Å²) < 4.78 is 31.7. The van der Waals surface area contributed by atoms with Crippen LogP contribution in [0.4, 0.5) is 24.9 Å². The van der Waals surface area contributed by atoms with E-state index in [1.807, 2.05) is 37.2 Å². The number of benzene rings is 2. The maximum Gasteiger partial charge on any atom is 0.490 e. The maximum atomic E-state index is 12.8. The first-order valence-corrected chi connectivity index (χ1v) is 13.9. The number of nitrogens with one attached hydrogen (secondary N) is 2. The fourth-order valence-corrected chi connectivity index (χ4v) is 5.47. The van der Waals surface area contributed by atoms with Crippen molar-refractivity contribution in [2.45, 2.75) is 57.2 Å². The Bertz CT molecular complexity index is 1360. The number of alkyl halides is 3. The lowest BCUT2D eigenvalue weighted by atomic mass is 9.83. The van der Waals surface area contributed by atoms with Crippen molar-refractivity contribution in [1.82, 2.24) is 15.3 Å². The number of carbonyl (C=O) groups excluding carboxylic acids is 1. The Labute approximate surface area is 237 Å². The number of carboxylic acid groups (broad SMARTS) is 1.